The van der Waals surface area contributed by atoms with Crippen LogP contribution in [0.25, 0.3) is 5.69 Å². The van der Waals surface area contributed by atoms with Crippen molar-refractivity contribution < 1.29 is 4.79 Å². The molecule has 0 bridgehead atoms. The van der Waals surface area contributed by atoms with E-state index in [0.717, 1.165) is 11.3 Å². The summed E-state index contributed by atoms with van der Waals surface area (Å²) in [6, 6.07) is 9.85. The van der Waals surface area contributed by atoms with Crippen LogP contribution in [0.3, 0.4) is 0 Å². The zero-order valence-corrected chi connectivity index (χ0v) is 10.3. The molecular formula is C14H15N3O. The third-order valence-corrected chi connectivity index (χ3v) is 2.63. The van der Waals surface area contributed by atoms with Gasteiger partial charge in [0.1, 0.15) is 0 Å². The number of amides is 1. The summed E-state index contributed by atoms with van der Waals surface area (Å²) in [7, 11) is 1.74. The molecule has 92 valence electrons. The number of aromatic nitrogens is 2. The molecule has 0 aliphatic rings. The maximum atomic E-state index is 11.4. The van der Waals surface area contributed by atoms with Gasteiger partial charge in [-0.2, -0.15) is 5.10 Å². The van der Waals surface area contributed by atoms with Crippen molar-refractivity contribution in [3.63, 3.8) is 0 Å². The molecule has 1 aromatic carbocycles. The van der Waals surface area contributed by atoms with Crippen LogP contribution in [0.15, 0.2) is 55.4 Å². The minimum Gasteiger partial charge on any atom is -0.338 e. The van der Waals surface area contributed by atoms with Crippen LogP contribution in [-0.4, -0.2) is 27.6 Å². The van der Waals surface area contributed by atoms with Gasteiger partial charge in [-0.1, -0.05) is 24.8 Å². The van der Waals surface area contributed by atoms with E-state index in [1.165, 1.54) is 6.08 Å². The highest BCUT2D eigenvalue weighted by Gasteiger charge is 2.07. The lowest BCUT2D eigenvalue weighted by atomic mass is 10.3. The first kappa shape index (κ1) is 12.1. The standard InChI is InChI=1S/C14H15N3O/c1-3-14(18)16(2)10-12-9-15-17(11-12)13-7-5-4-6-8-13/h3-9,11H,1,10H2,2H3. The molecule has 4 heteroatoms. The Labute approximate surface area is 106 Å². The summed E-state index contributed by atoms with van der Waals surface area (Å²) in [6.07, 6.45) is 4.99. The second-order valence-electron chi connectivity index (χ2n) is 4.03. The molecule has 0 spiro atoms. The second-order valence-corrected chi connectivity index (χ2v) is 4.03. The molecule has 0 saturated heterocycles. The Kier molecular flexibility index (Phi) is 3.57. The van der Waals surface area contributed by atoms with E-state index >= 15 is 0 Å². The molecule has 0 atom stereocenters. The number of hydrogen-bond acceptors (Lipinski definition) is 2. The Balaban J connectivity index is 2.12. The van der Waals surface area contributed by atoms with Crippen molar-refractivity contribution in [2.24, 2.45) is 0 Å². The van der Waals surface area contributed by atoms with E-state index in [4.69, 9.17) is 0 Å². The second kappa shape index (κ2) is 5.31. The van der Waals surface area contributed by atoms with Crippen LogP contribution in [0, 0.1) is 0 Å². The summed E-state index contributed by atoms with van der Waals surface area (Å²) >= 11 is 0. The minimum absolute atomic E-state index is 0.0949. The predicted octanol–water partition coefficient (Wildman–Crippen LogP) is 2.02. The molecule has 0 fully saturated rings. The van der Waals surface area contributed by atoms with Crippen molar-refractivity contribution in [1.82, 2.24) is 14.7 Å². The van der Waals surface area contributed by atoms with Gasteiger partial charge in [-0.25, -0.2) is 4.68 Å². The monoisotopic (exact) mass is 241 g/mol. The van der Waals surface area contributed by atoms with Crippen molar-refractivity contribution >= 4 is 5.91 Å². The quantitative estimate of drug-likeness (QED) is 0.768. The number of carbonyl (C=O) groups excluding carboxylic acids is 1. The van der Waals surface area contributed by atoms with Crippen molar-refractivity contribution in [2.75, 3.05) is 7.05 Å². The van der Waals surface area contributed by atoms with E-state index in [1.807, 2.05) is 36.5 Å². The molecule has 0 aliphatic carbocycles. The highest BCUT2D eigenvalue weighted by molar-refractivity contribution is 5.86. The number of rotatable bonds is 4. The zero-order valence-electron chi connectivity index (χ0n) is 10.3. The first-order valence-corrected chi connectivity index (χ1v) is 5.67. The lowest BCUT2D eigenvalue weighted by Gasteiger charge is -2.12. The number of carbonyl (C=O) groups is 1. The maximum Gasteiger partial charge on any atom is 0.245 e. The van der Waals surface area contributed by atoms with Gasteiger partial charge in [0.25, 0.3) is 0 Å². The zero-order chi connectivity index (χ0) is 13.0. The molecule has 0 saturated carbocycles. The fourth-order valence-corrected chi connectivity index (χ4v) is 1.67. The van der Waals surface area contributed by atoms with Crippen LogP contribution in [0.4, 0.5) is 0 Å². The summed E-state index contributed by atoms with van der Waals surface area (Å²) < 4.78 is 1.79. The fraction of sp³-hybridized carbons (Fsp3) is 0.143. The molecule has 2 rings (SSSR count). The highest BCUT2D eigenvalue weighted by atomic mass is 16.2. The Morgan fingerprint density at radius 1 is 1.44 bits per heavy atom. The molecule has 1 heterocycles. The Hall–Kier alpha value is -2.36. The summed E-state index contributed by atoms with van der Waals surface area (Å²) in [6.45, 7) is 3.99. The normalized spacial score (nSPS) is 10.1. The van der Waals surface area contributed by atoms with Crippen LogP contribution in [-0.2, 0) is 11.3 Å². The van der Waals surface area contributed by atoms with Gasteiger partial charge < -0.3 is 4.90 Å². The van der Waals surface area contributed by atoms with Gasteiger partial charge in [0.2, 0.25) is 5.91 Å². The van der Waals surface area contributed by atoms with Crippen LogP contribution in [0.1, 0.15) is 5.56 Å². The van der Waals surface area contributed by atoms with E-state index in [9.17, 15) is 4.79 Å². The average molecular weight is 241 g/mol. The van der Waals surface area contributed by atoms with Gasteiger partial charge in [0.15, 0.2) is 0 Å². The molecule has 0 radical (unpaired) electrons. The predicted molar refractivity (Wildman–Crippen MR) is 70.2 cm³/mol. The van der Waals surface area contributed by atoms with Crippen molar-refractivity contribution in [1.29, 1.82) is 0 Å². The largest absolute Gasteiger partial charge is 0.338 e. The number of para-hydroxylation sites is 1. The molecule has 0 unspecified atom stereocenters. The third-order valence-electron chi connectivity index (χ3n) is 2.63. The van der Waals surface area contributed by atoms with Crippen LogP contribution < -0.4 is 0 Å². The molecule has 0 aliphatic heterocycles. The number of likely N-dealkylation sites (N-methyl/N-ethyl adjacent to an activating group) is 1. The number of hydrogen-bond donors (Lipinski definition) is 0. The van der Waals surface area contributed by atoms with E-state index in [1.54, 1.807) is 22.8 Å². The van der Waals surface area contributed by atoms with Crippen molar-refractivity contribution in [3.05, 3.63) is 60.9 Å². The van der Waals surface area contributed by atoms with Gasteiger partial charge in [-0.3, -0.25) is 4.79 Å². The number of benzene rings is 1. The third kappa shape index (κ3) is 2.66. The molecule has 0 N–H and O–H groups in total. The Bertz CT molecular complexity index is 545. The summed E-state index contributed by atoms with van der Waals surface area (Å²) in [5.41, 5.74) is 1.98. The van der Waals surface area contributed by atoms with Crippen LogP contribution >= 0.6 is 0 Å². The smallest absolute Gasteiger partial charge is 0.245 e. The molecule has 1 aromatic heterocycles. The van der Waals surface area contributed by atoms with Gasteiger partial charge in [0, 0.05) is 25.4 Å². The average Bonchev–Trinajstić information content (AvgIpc) is 2.87. The lowest BCUT2D eigenvalue weighted by molar-refractivity contribution is -0.125. The van der Waals surface area contributed by atoms with E-state index in [2.05, 4.69) is 11.7 Å². The Morgan fingerprint density at radius 2 is 2.17 bits per heavy atom. The van der Waals surface area contributed by atoms with Crippen LogP contribution in [0.5, 0.6) is 0 Å². The van der Waals surface area contributed by atoms with Crippen molar-refractivity contribution in [3.8, 4) is 5.69 Å². The first-order chi connectivity index (χ1) is 8.70. The molecule has 18 heavy (non-hydrogen) atoms. The van der Waals surface area contributed by atoms with Crippen molar-refractivity contribution in [2.45, 2.75) is 6.54 Å². The van der Waals surface area contributed by atoms with Gasteiger partial charge >= 0.3 is 0 Å². The molecule has 1 amide bonds. The highest BCUT2D eigenvalue weighted by Crippen LogP contribution is 2.09. The van der Waals surface area contributed by atoms with Gasteiger partial charge in [-0.05, 0) is 18.2 Å². The topological polar surface area (TPSA) is 38.1 Å². The summed E-state index contributed by atoms with van der Waals surface area (Å²) in [4.78, 5) is 13.0. The maximum absolute atomic E-state index is 11.4. The van der Waals surface area contributed by atoms with Gasteiger partial charge in [0.05, 0.1) is 11.9 Å². The van der Waals surface area contributed by atoms with Crippen LogP contribution in [0.2, 0.25) is 0 Å². The summed E-state index contributed by atoms with van der Waals surface area (Å²) in [5.74, 6) is -0.0949. The van der Waals surface area contributed by atoms with E-state index in [-0.39, 0.29) is 5.91 Å². The van der Waals surface area contributed by atoms with Gasteiger partial charge in [-0.15, -0.1) is 0 Å². The first-order valence-electron chi connectivity index (χ1n) is 5.67. The minimum atomic E-state index is -0.0949. The Morgan fingerprint density at radius 3 is 2.83 bits per heavy atom. The summed E-state index contributed by atoms with van der Waals surface area (Å²) in [5, 5.41) is 4.28. The number of nitrogens with zero attached hydrogens (tertiary/aromatic N) is 3. The SMILES string of the molecule is C=CC(=O)N(C)Cc1cnn(-c2ccccc2)c1. The van der Waals surface area contributed by atoms with E-state index in [0.29, 0.717) is 6.54 Å². The molecule has 4 nitrogen and oxygen atoms in total. The lowest BCUT2D eigenvalue weighted by Crippen LogP contribution is -2.23. The van der Waals surface area contributed by atoms with E-state index < -0.39 is 0 Å². The molecule has 2 aromatic rings. The fourth-order valence-electron chi connectivity index (χ4n) is 1.67. The molecular weight excluding hydrogens is 226 g/mol.